The molecule has 0 radical (unpaired) electrons. The quantitative estimate of drug-likeness (QED) is 0.311. The Hall–Kier alpha value is -4.24. The first-order chi connectivity index (χ1) is 19.5. The van der Waals surface area contributed by atoms with Crippen molar-refractivity contribution in [2.75, 3.05) is 24.5 Å². The fourth-order valence-electron chi connectivity index (χ4n) is 5.50. The fourth-order valence-corrected chi connectivity index (χ4v) is 5.76. The number of aryl methyl sites for hydroxylation is 1. The summed E-state index contributed by atoms with van der Waals surface area (Å²) in [5.41, 5.74) is 1.82. The number of aromatic nitrogens is 3. The van der Waals surface area contributed by atoms with Crippen molar-refractivity contribution >= 4 is 34.4 Å². The summed E-state index contributed by atoms with van der Waals surface area (Å²) in [5.74, 6) is -0.796. The average molecular weight is 576 g/mol. The lowest BCUT2D eigenvalue weighted by atomic mass is 9.98. The van der Waals surface area contributed by atoms with Gasteiger partial charge in [-0.25, -0.2) is 18.7 Å². The number of rotatable bonds is 5. The molecule has 0 bridgehead atoms. The average Bonchev–Trinajstić information content (AvgIpc) is 2.93. The monoisotopic (exact) mass is 575 g/mol. The van der Waals surface area contributed by atoms with E-state index in [-0.39, 0.29) is 51.4 Å². The van der Waals surface area contributed by atoms with Gasteiger partial charge in [-0.15, -0.1) is 0 Å². The van der Waals surface area contributed by atoms with Crippen molar-refractivity contribution in [2.24, 2.45) is 0 Å². The number of pyridine rings is 1. The van der Waals surface area contributed by atoms with Gasteiger partial charge in [0.25, 0.3) is 0 Å². The highest BCUT2D eigenvalue weighted by atomic mass is 35.5. The summed E-state index contributed by atoms with van der Waals surface area (Å²) in [5, 5.41) is 11.1. The largest absolute Gasteiger partial charge is 0.507 e. The molecular weight excluding hydrogens is 545 g/mol. The summed E-state index contributed by atoms with van der Waals surface area (Å²) in [7, 11) is 0. The summed E-state index contributed by atoms with van der Waals surface area (Å²) in [4.78, 5) is 38.9. The SMILES string of the molecule is C=CC(=O)N1CCN(c2nc(=O)n(-c3c(C)cccc3C(C)C)c3nc(-c4c(O)cccc4Cl)c(F)cc23)[C@@H](C)C1. The third-order valence-electron chi connectivity index (χ3n) is 7.53. The number of benzene rings is 2. The van der Waals surface area contributed by atoms with E-state index in [1.54, 1.807) is 11.0 Å². The van der Waals surface area contributed by atoms with Crippen LogP contribution in [0.2, 0.25) is 5.02 Å². The van der Waals surface area contributed by atoms with Crippen LogP contribution in [0.25, 0.3) is 28.0 Å². The number of nitrogens with zero attached hydrogens (tertiary/aromatic N) is 5. The van der Waals surface area contributed by atoms with Crippen molar-refractivity contribution < 1.29 is 14.3 Å². The topological polar surface area (TPSA) is 91.6 Å². The Bertz CT molecular complexity index is 1730. The number of carbonyl (C=O) groups is 1. The highest BCUT2D eigenvalue weighted by Crippen LogP contribution is 2.39. The molecule has 212 valence electrons. The Morgan fingerprint density at radius 3 is 2.59 bits per heavy atom. The molecule has 1 aliphatic heterocycles. The summed E-state index contributed by atoms with van der Waals surface area (Å²) in [6, 6.07) is 11.3. The van der Waals surface area contributed by atoms with Gasteiger partial charge in [-0.1, -0.05) is 56.3 Å². The van der Waals surface area contributed by atoms with Gasteiger partial charge >= 0.3 is 5.69 Å². The summed E-state index contributed by atoms with van der Waals surface area (Å²) >= 11 is 6.40. The first-order valence-electron chi connectivity index (χ1n) is 13.4. The number of phenols is 1. The zero-order valence-corrected chi connectivity index (χ0v) is 24.1. The van der Waals surface area contributed by atoms with Gasteiger partial charge < -0.3 is 14.9 Å². The predicted molar refractivity (Wildman–Crippen MR) is 160 cm³/mol. The minimum Gasteiger partial charge on any atom is -0.507 e. The number of carbonyl (C=O) groups excluding carboxylic acids is 1. The van der Waals surface area contributed by atoms with E-state index in [2.05, 4.69) is 16.5 Å². The maximum atomic E-state index is 15.9. The van der Waals surface area contributed by atoms with E-state index < -0.39 is 11.5 Å². The molecular formula is C31H31ClFN5O3. The Kier molecular flexibility index (Phi) is 7.57. The highest BCUT2D eigenvalue weighted by molar-refractivity contribution is 6.33. The number of phenolic OH excluding ortho intramolecular Hbond substituents is 1. The standard InChI is InChI=1S/C31H31ClFN5O3/c1-6-25(40)36-13-14-37(19(5)16-36)29-21-15-23(33)27(26-22(32)11-8-12-24(26)39)34-30(21)38(31(41)35-29)28-18(4)9-7-10-20(28)17(2)3/h6-12,15,17,19,39H,1,13-14,16H2,2-5H3/t19-/m0/s1. The van der Waals surface area contributed by atoms with E-state index in [0.717, 1.165) is 11.1 Å². The Morgan fingerprint density at radius 1 is 1.20 bits per heavy atom. The second-order valence-electron chi connectivity index (χ2n) is 10.6. The molecule has 0 unspecified atom stereocenters. The Balaban J connectivity index is 1.83. The number of anilines is 1. The van der Waals surface area contributed by atoms with Gasteiger partial charge in [-0.2, -0.15) is 4.98 Å². The normalized spacial score (nSPS) is 15.5. The number of fused-ring (bicyclic) bond motifs is 1. The van der Waals surface area contributed by atoms with Crippen molar-refractivity contribution in [3.8, 4) is 22.7 Å². The molecule has 5 rings (SSSR count). The van der Waals surface area contributed by atoms with Crippen LogP contribution in [-0.4, -0.2) is 56.1 Å². The first-order valence-corrected chi connectivity index (χ1v) is 13.8. The van der Waals surface area contributed by atoms with Crippen LogP contribution in [0.3, 0.4) is 0 Å². The molecule has 4 aromatic rings. The van der Waals surface area contributed by atoms with E-state index in [1.807, 2.05) is 50.8 Å². The van der Waals surface area contributed by atoms with Crippen LogP contribution >= 0.6 is 11.6 Å². The lowest BCUT2D eigenvalue weighted by molar-refractivity contribution is -0.126. The smallest absolute Gasteiger partial charge is 0.355 e. The van der Waals surface area contributed by atoms with Gasteiger partial charge in [0.05, 0.1) is 21.7 Å². The fraction of sp³-hybridized carbons (Fsp3) is 0.290. The minimum absolute atomic E-state index is 0.0321. The van der Waals surface area contributed by atoms with Crippen molar-refractivity contribution in [3.63, 3.8) is 0 Å². The van der Waals surface area contributed by atoms with Gasteiger partial charge in [0, 0.05) is 25.7 Å². The van der Waals surface area contributed by atoms with Gasteiger partial charge in [-0.3, -0.25) is 4.79 Å². The first kappa shape index (κ1) is 28.3. The second-order valence-corrected chi connectivity index (χ2v) is 11.0. The van der Waals surface area contributed by atoms with Gasteiger partial charge in [0.1, 0.15) is 17.3 Å². The maximum absolute atomic E-state index is 15.9. The molecule has 0 aliphatic carbocycles. The molecule has 1 N–H and O–H groups in total. The summed E-state index contributed by atoms with van der Waals surface area (Å²) in [6.07, 6.45) is 1.27. The molecule has 3 heterocycles. The molecule has 1 aliphatic rings. The lowest BCUT2D eigenvalue weighted by Crippen LogP contribution is -2.54. The van der Waals surface area contributed by atoms with Crippen LogP contribution < -0.4 is 10.6 Å². The molecule has 2 aromatic carbocycles. The second kappa shape index (κ2) is 11.0. The molecule has 2 aromatic heterocycles. The number of hydrogen-bond acceptors (Lipinski definition) is 6. The summed E-state index contributed by atoms with van der Waals surface area (Å²) in [6.45, 7) is 12.6. The number of piperazine rings is 1. The van der Waals surface area contributed by atoms with E-state index in [0.29, 0.717) is 30.7 Å². The number of para-hydroxylation sites is 1. The van der Waals surface area contributed by atoms with Crippen molar-refractivity contribution in [1.29, 1.82) is 0 Å². The molecule has 41 heavy (non-hydrogen) atoms. The zero-order valence-electron chi connectivity index (χ0n) is 23.4. The van der Waals surface area contributed by atoms with Crippen LogP contribution in [0.4, 0.5) is 10.2 Å². The molecule has 1 amide bonds. The van der Waals surface area contributed by atoms with E-state index in [1.165, 1.54) is 28.8 Å². The Labute approximate surface area is 242 Å². The third kappa shape index (κ3) is 4.95. The molecule has 0 saturated carbocycles. The van der Waals surface area contributed by atoms with Gasteiger partial charge in [0.2, 0.25) is 5.91 Å². The highest BCUT2D eigenvalue weighted by Gasteiger charge is 2.30. The number of halogens is 2. The predicted octanol–water partition coefficient (Wildman–Crippen LogP) is 5.60. The lowest BCUT2D eigenvalue weighted by Gasteiger charge is -2.40. The van der Waals surface area contributed by atoms with Crippen molar-refractivity contribution in [2.45, 2.75) is 39.7 Å². The van der Waals surface area contributed by atoms with E-state index in [9.17, 15) is 14.7 Å². The van der Waals surface area contributed by atoms with Crippen LogP contribution in [0, 0.1) is 12.7 Å². The van der Waals surface area contributed by atoms with Crippen LogP contribution in [0.5, 0.6) is 5.75 Å². The molecule has 1 atom stereocenters. The van der Waals surface area contributed by atoms with E-state index in [4.69, 9.17) is 11.6 Å². The Morgan fingerprint density at radius 2 is 1.93 bits per heavy atom. The molecule has 0 spiro atoms. The maximum Gasteiger partial charge on any atom is 0.355 e. The van der Waals surface area contributed by atoms with E-state index >= 15 is 4.39 Å². The molecule has 1 fully saturated rings. The van der Waals surface area contributed by atoms with Crippen molar-refractivity contribution in [1.82, 2.24) is 19.4 Å². The number of amides is 1. The number of hydrogen-bond donors (Lipinski definition) is 1. The third-order valence-corrected chi connectivity index (χ3v) is 7.85. The van der Waals surface area contributed by atoms with Crippen LogP contribution in [0.1, 0.15) is 37.8 Å². The molecule has 10 heteroatoms. The van der Waals surface area contributed by atoms with Gasteiger partial charge in [-0.05, 0) is 55.2 Å². The summed E-state index contributed by atoms with van der Waals surface area (Å²) < 4.78 is 17.3. The minimum atomic E-state index is -0.726. The molecule has 8 nitrogen and oxygen atoms in total. The molecule has 1 saturated heterocycles. The van der Waals surface area contributed by atoms with Gasteiger partial charge in [0.15, 0.2) is 11.5 Å². The number of aromatic hydroxyl groups is 1. The van der Waals surface area contributed by atoms with Crippen LogP contribution in [-0.2, 0) is 4.79 Å². The van der Waals surface area contributed by atoms with Crippen LogP contribution in [0.15, 0.2) is 59.9 Å². The zero-order chi connectivity index (χ0) is 29.6. The van der Waals surface area contributed by atoms with Crippen molar-refractivity contribution in [3.05, 3.63) is 87.6 Å².